The lowest BCUT2D eigenvalue weighted by Gasteiger charge is -2.32. The van der Waals surface area contributed by atoms with Gasteiger partial charge in [-0.05, 0) is 53.9 Å². The molecule has 0 unspecified atom stereocenters. The maximum atomic E-state index is 12.4. The minimum Gasteiger partial charge on any atom is -0.489 e. The summed E-state index contributed by atoms with van der Waals surface area (Å²) in [6.45, 7) is 7.12. The van der Waals surface area contributed by atoms with Gasteiger partial charge in [0.25, 0.3) is 0 Å². The van der Waals surface area contributed by atoms with Gasteiger partial charge in [0.05, 0.1) is 0 Å². The van der Waals surface area contributed by atoms with Gasteiger partial charge in [0.1, 0.15) is 30.5 Å². The number of ether oxygens (including phenoxy) is 2. The van der Waals surface area contributed by atoms with Crippen molar-refractivity contribution in [2.24, 2.45) is 5.92 Å². The maximum Gasteiger partial charge on any atom is 0.133 e. The lowest BCUT2D eigenvalue weighted by molar-refractivity contribution is -0.121. The number of hydrogen-bond donors (Lipinski definition) is 1. The molecular formula is C31H36O4. The largest absolute Gasteiger partial charge is 0.489 e. The molecule has 184 valence electrons. The molecule has 1 aliphatic rings. The van der Waals surface area contributed by atoms with Crippen LogP contribution in [0.5, 0.6) is 11.5 Å². The van der Waals surface area contributed by atoms with Gasteiger partial charge in [0, 0.05) is 25.5 Å². The molecule has 0 spiro atoms. The third kappa shape index (κ3) is 7.83. The van der Waals surface area contributed by atoms with E-state index in [-0.39, 0.29) is 12.5 Å². The number of hydrogen-bond acceptors (Lipinski definition) is 4. The van der Waals surface area contributed by atoms with Crippen molar-refractivity contribution in [2.75, 3.05) is 6.61 Å². The molecule has 0 aliphatic heterocycles. The summed E-state index contributed by atoms with van der Waals surface area (Å²) in [5.41, 5.74) is 3.26. The highest BCUT2D eigenvalue weighted by molar-refractivity contribution is 5.80. The molecule has 0 amide bonds. The fraction of sp³-hybridized carbons (Fsp3) is 0.323. The van der Waals surface area contributed by atoms with Gasteiger partial charge in [-0.25, -0.2) is 0 Å². The van der Waals surface area contributed by atoms with Gasteiger partial charge in [-0.1, -0.05) is 66.7 Å². The van der Waals surface area contributed by atoms with E-state index < -0.39 is 0 Å². The molecule has 35 heavy (non-hydrogen) atoms. The Morgan fingerprint density at radius 1 is 0.857 bits per heavy atom. The highest BCUT2D eigenvalue weighted by Crippen LogP contribution is 2.43. The standard InChI is InChI=1S/C29H32O4.C2H4/c30-17-7-12-24-13-14-25(31)18-28(24)27-16-15-26(32-20-22-8-3-1-4-9-22)19-29(27)33-21-23-10-5-2-6-11-23;1-2/h1-6,8-11,15-16,19,24,28,30H,7,12-14,17-18,20-21H2;1-2H2/t24-,28-;/m0./s1. The molecule has 0 radical (unpaired) electrons. The first-order valence-electron chi connectivity index (χ1n) is 12.3. The Labute approximate surface area is 209 Å². The Bertz CT molecular complexity index is 1030. The summed E-state index contributed by atoms with van der Waals surface area (Å²) in [7, 11) is 0. The quantitative estimate of drug-likeness (QED) is 0.327. The lowest BCUT2D eigenvalue weighted by Crippen LogP contribution is -2.24. The molecule has 4 heteroatoms. The van der Waals surface area contributed by atoms with Crippen LogP contribution in [0.3, 0.4) is 0 Å². The van der Waals surface area contributed by atoms with E-state index in [1.165, 1.54) is 0 Å². The fourth-order valence-corrected chi connectivity index (χ4v) is 4.64. The monoisotopic (exact) mass is 472 g/mol. The SMILES string of the molecule is C=C.O=C1CC[C@H](CCCO)[C@@H](c2ccc(OCc3ccccc3)cc2OCc2ccccc2)C1. The molecule has 1 saturated carbocycles. The third-order valence-corrected chi connectivity index (χ3v) is 6.41. The molecule has 0 saturated heterocycles. The first kappa shape index (κ1) is 26.2. The van der Waals surface area contributed by atoms with Crippen LogP contribution in [0.25, 0.3) is 0 Å². The number of ketones is 1. The van der Waals surface area contributed by atoms with E-state index in [4.69, 9.17) is 9.47 Å². The van der Waals surface area contributed by atoms with Crippen molar-refractivity contribution in [1.29, 1.82) is 0 Å². The van der Waals surface area contributed by atoms with E-state index in [0.29, 0.717) is 37.8 Å². The van der Waals surface area contributed by atoms with Crippen molar-refractivity contribution in [2.45, 2.75) is 51.2 Å². The Kier molecular flexibility index (Phi) is 10.6. The molecule has 3 aromatic carbocycles. The highest BCUT2D eigenvalue weighted by atomic mass is 16.5. The number of carbonyl (C=O) groups excluding carboxylic acids is 1. The Balaban J connectivity index is 0.00000167. The molecule has 1 aliphatic carbocycles. The number of aliphatic hydroxyl groups is 1. The van der Waals surface area contributed by atoms with Gasteiger partial charge in [-0.15, -0.1) is 13.2 Å². The zero-order valence-electron chi connectivity index (χ0n) is 20.4. The molecule has 4 rings (SSSR count). The van der Waals surface area contributed by atoms with E-state index in [2.05, 4.69) is 19.2 Å². The smallest absolute Gasteiger partial charge is 0.133 e. The zero-order valence-corrected chi connectivity index (χ0v) is 20.4. The lowest BCUT2D eigenvalue weighted by atomic mass is 9.73. The van der Waals surface area contributed by atoms with Crippen molar-refractivity contribution in [1.82, 2.24) is 0 Å². The Morgan fingerprint density at radius 3 is 2.11 bits per heavy atom. The van der Waals surface area contributed by atoms with Crippen LogP contribution in [0.2, 0.25) is 0 Å². The van der Waals surface area contributed by atoms with Gasteiger partial charge in [-0.3, -0.25) is 4.79 Å². The summed E-state index contributed by atoms with van der Waals surface area (Å²) in [5.74, 6) is 2.30. The van der Waals surface area contributed by atoms with Crippen molar-refractivity contribution in [3.63, 3.8) is 0 Å². The molecule has 2 atom stereocenters. The van der Waals surface area contributed by atoms with Gasteiger partial charge in [-0.2, -0.15) is 0 Å². The fourth-order valence-electron chi connectivity index (χ4n) is 4.64. The first-order valence-corrected chi connectivity index (χ1v) is 12.3. The number of carbonyl (C=O) groups is 1. The number of aliphatic hydroxyl groups excluding tert-OH is 1. The molecule has 4 nitrogen and oxygen atoms in total. The van der Waals surface area contributed by atoms with E-state index in [9.17, 15) is 9.90 Å². The minimum absolute atomic E-state index is 0.103. The molecule has 3 aromatic rings. The molecule has 1 fully saturated rings. The second-order valence-corrected chi connectivity index (χ2v) is 8.76. The molecule has 1 N–H and O–H groups in total. The van der Waals surface area contributed by atoms with Crippen LogP contribution in [0.15, 0.2) is 92.0 Å². The summed E-state index contributed by atoms with van der Waals surface area (Å²) < 4.78 is 12.4. The topological polar surface area (TPSA) is 55.8 Å². The molecular weight excluding hydrogens is 436 g/mol. The average molecular weight is 473 g/mol. The predicted octanol–water partition coefficient (Wildman–Crippen LogP) is 6.87. The Hall–Kier alpha value is -3.37. The van der Waals surface area contributed by atoms with Gasteiger partial charge < -0.3 is 14.6 Å². The second-order valence-electron chi connectivity index (χ2n) is 8.76. The maximum absolute atomic E-state index is 12.4. The summed E-state index contributed by atoms with van der Waals surface area (Å²) in [4.78, 5) is 12.4. The van der Waals surface area contributed by atoms with Crippen LogP contribution < -0.4 is 9.47 Å². The number of rotatable bonds is 10. The average Bonchev–Trinajstić information content (AvgIpc) is 2.92. The predicted molar refractivity (Wildman–Crippen MR) is 141 cm³/mol. The summed E-state index contributed by atoms with van der Waals surface area (Å²) in [6.07, 6.45) is 3.70. The Morgan fingerprint density at radius 2 is 1.49 bits per heavy atom. The van der Waals surface area contributed by atoms with Crippen LogP contribution in [-0.4, -0.2) is 17.5 Å². The van der Waals surface area contributed by atoms with Crippen LogP contribution in [0.1, 0.15) is 54.7 Å². The zero-order chi connectivity index (χ0) is 24.9. The number of Topliss-reactive ketones (excluding diaryl/α,β-unsaturated/α-hetero) is 1. The molecule has 0 heterocycles. The van der Waals surface area contributed by atoms with E-state index in [1.807, 2.05) is 72.8 Å². The normalized spacial score (nSPS) is 17.2. The van der Waals surface area contributed by atoms with E-state index >= 15 is 0 Å². The van der Waals surface area contributed by atoms with Crippen molar-refractivity contribution in [3.8, 4) is 11.5 Å². The van der Waals surface area contributed by atoms with Crippen LogP contribution in [-0.2, 0) is 18.0 Å². The van der Waals surface area contributed by atoms with Gasteiger partial charge >= 0.3 is 0 Å². The second kappa shape index (κ2) is 14.1. The molecule has 0 aromatic heterocycles. The van der Waals surface area contributed by atoms with Crippen LogP contribution in [0.4, 0.5) is 0 Å². The van der Waals surface area contributed by atoms with Gasteiger partial charge in [0.2, 0.25) is 0 Å². The summed E-state index contributed by atoms with van der Waals surface area (Å²) in [6, 6.07) is 26.2. The van der Waals surface area contributed by atoms with E-state index in [0.717, 1.165) is 47.5 Å². The molecule has 0 bridgehead atoms. The summed E-state index contributed by atoms with van der Waals surface area (Å²) in [5, 5.41) is 9.35. The van der Waals surface area contributed by atoms with Crippen molar-refractivity contribution in [3.05, 3.63) is 109 Å². The van der Waals surface area contributed by atoms with Crippen LogP contribution >= 0.6 is 0 Å². The first-order chi connectivity index (χ1) is 17.2. The minimum atomic E-state index is 0.103. The summed E-state index contributed by atoms with van der Waals surface area (Å²) >= 11 is 0. The number of benzene rings is 3. The van der Waals surface area contributed by atoms with Crippen molar-refractivity contribution < 1.29 is 19.4 Å². The highest BCUT2D eigenvalue weighted by Gasteiger charge is 2.32. The van der Waals surface area contributed by atoms with E-state index in [1.54, 1.807) is 0 Å². The van der Waals surface area contributed by atoms with Crippen molar-refractivity contribution >= 4 is 5.78 Å². The third-order valence-electron chi connectivity index (χ3n) is 6.41. The van der Waals surface area contributed by atoms with Crippen LogP contribution in [0, 0.1) is 5.92 Å². The van der Waals surface area contributed by atoms with Gasteiger partial charge in [0.15, 0.2) is 0 Å².